The first-order valence-corrected chi connectivity index (χ1v) is 27.7. The molecule has 65 heavy (non-hydrogen) atoms. The van der Waals surface area contributed by atoms with E-state index in [9.17, 15) is 9.59 Å². The van der Waals surface area contributed by atoms with Gasteiger partial charge in [0.05, 0.1) is 77.9 Å². The molecule has 0 aliphatic carbocycles. The van der Waals surface area contributed by atoms with Crippen molar-refractivity contribution in [1.82, 2.24) is 0 Å². The zero-order valence-corrected chi connectivity index (χ0v) is 43.3. The number of carbonyl (C=O) groups excluding carboxylic acids is 2. The van der Waals surface area contributed by atoms with E-state index in [0.29, 0.717) is 85.9 Å². The van der Waals surface area contributed by atoms with E-state index in [0.717, 1.165) is 103 Å². The molecule has 0 bridgehead atoms. The largest absolute Gasteiger partial charge is 0.465 e. The molecule has 10 nitrogen and oxygen atoms in total. The molecule has 0 spiro atoms. The summed E-state index contributed by atoms with van der Waals surface area (Å²) in [4.78, 5) is 26.0. The maximum absolute atomic E-state index is 13.0. The molecular formula is C55H107O10. The van der Waals surface area contributed by atoms with E-state index >= 15 is 0 Å². The molecule has 0 aliphatic rings. The Kier molecular flexibility index (Phi) is 52.6. The van der Waals surface area contributed by atoms with Gasteiger partial charge in [-0.3, -0.25) is 9.59 Å². The number of esters is 2. The summed E-state index contributed by atoms with van der Waals surface area (Å²) in [5, 5.41) is 0. The minimum atomic E-state index is -0.154. The maximum atomic E-state index is 13.0. The van der Waals surface area contributed by atoms with Gasteiger partial charge < -0.3 is 37.9 Å². The van der Waals surface area contributed by atoms with Gasteiger partial charge in [-0.05, 0) is 71.1 Å². The molecule has 387 valence electrons. The Morgan fingerprint density at radius 3 is 1.06 bits per heavy atom. The van der Waals surface area contributed by atoms with Crippen molar-refractivity contribution >= 4 is 11.9 Å². The summed E-state index contributed by atoms with van der Waals surface area (Å²) in [7, 11) is 0. The molecule has 0 N–H and O–H groups in total. The predicted octanol–water partition coefficient (Wildman–Crippen LogP) is 14.2. The fourth-order valence-corrected chi connectivity index (χ4v) is 8.02. The molecule has 0 saturated carbocycles. The molecule has 0 rings (SSSR count). The van der Waals surface area contributed by atoms with E-state index in [1.807, 2.05) is 0 Å². The second-order valence-electron chi connectivity index (χ2n) is 18.3. The van der Waals surface area contributed by atoms with Crippen LogP contribution in [-0.4, -0.2) is 104 Å². The number of unbranched alkanes of at least 4 members (excludes halogenated alkanes) is 22. The third-order valence-electron chi connectivity index (χ3n) is 12.2. The van der Waals surface area contributed by atoms with Gasteiger partial charge in [-0.1, -0.05) is 169 Å². The third kappa shape index (κ3) is 46.2. The van der Waals surface area contributed by atoms with Crippen LogP contribution in [0.5, 0.6) is 0 Å². The summed E-state index contributed by atoms with van der Waals surface area (Å²) in [6.45, 7) is 19.4. The number of ether oxygens (including phenoxy) is 8. The quantitative estimate of drug-likeness (QED) is 0.0432. The number of rotatable bonds is 55. The molecule has 3 atom stereocenters. The highest BCUT2D eigenvalue weighted by Crippen LogP contribution is 2.22. The van der Waals surface area contributed by atoms with Crippen molar-refractivity contribution in [2.45, 2.75) is 239 Å². The van der Waals surface area contributed by atoms with Crippen LogP contribution in [-0.2, 0) is 47.5 Å². The summed E-state index contributed by atoms with van der Waals surface area (Å²) < 4.78 is 46.2. The van der Waals surface area contributed by atoms with Crippen molar-refractivity contribution in [3.63, 3.8) is 0 Å². The highest BCUT2D eigenvalue weighted by molar-refractivity contribution is 5.72. The first-order valence-electron chi connectivity index (χ1n) is 27.7. The van der Waals surface area contributed by atoms with Crippen LogP contribution in [0.4, 0.5) is 0 Å². The van der Waals surface area contributed by atoms with Gasteiger partial charge in [-0.15, -0.1) is 0 Å². The van der Waals surface area contributed by atoms with Crippen LogP contribution in [0, 0.1) is 18.8 Å². The van der Waals surface area contributed by atoms with Crippen molar-refractivity contribution in [3.05, 3.63) is 6.92 Å². The van der Waals surface area contributed by atoms with E-state index in [4.69, 9.17) is 37.9 Å². The second-order valence-corrected chi connectivity index (χ2v) is 18.3. The summed E-state index contributed by atoms with van der Waals surface area (Å²) in [5.74, 6) is 0.161. The van der Waals surface area contributed by atoms with Gasteiger partial charge in [0.25, 0.3) is 0 Å². The lowest BCUT2D eigenvalue weighted by atomic mass is 9.94. The van der Waals surface area contributed by atoms with Crippen molar-refractivity contribution in [2.24, 2.45) is 11.8 Å². The van der Waals surface area contributed by atoms with Gasteiger partial charge in [0.2, 0.25) is 0 Å². The van der Waals surface area contributed by atoms with E-state index in [-0.39, 0.29) is 29.9 Å². The van der Waals surface area contributed by atoms with Crippen LogP contribution in [0.1, 0.15) is 233 Å². The SMILES string of the molecule is [CH2]COCCOCCOCCOCC(COCCCCCCOC(=O)C(CCCCCC)CCCCCCCC)OCCCCCCOC(=O)C(CCCCCC)CCCCCCCC. The number of hydrogen-bond acceptors (Lipinski definition) is 10. The van der Waals surface area contributed by atoms with E-state index in [1.54, 1.807) is 0 Å². The van der Waals surface area contributed by atoms with Crippen LogP contribution in [0.15, 0.2) is 0 Å². The van der Waals surface area contributed by atoms with Gasteiger partial charge in [0.1, 0.15) is 6.10 Å². The summed E-state index contributed by atoms with van der Waals surface area (Å²) >= 11 is 0. The Balaban J connectivity index is 4.56. The van der Waals surface area contributed by atoms with Crippen molar-refractivity contribution in [2.75, 3.05) is 85.9 Å². The zero-order valence-electron chi connectivity index (χ0n) is 43.3. The van der Waals surface area contributed by atoms with Gasteiger partial charge in [-0.2, -0.15) is 0 Å². The van der Waals surface area contributed by atoms with E-state index < -0.39 is 0 Å². The van der Waals surface area contributed by atoms with Gasteiger partial charge in [0.15, 0.2) is 0 Å². The van der Waals surface area contributed by atoms with Gasteiger partial charge in [-0.25, -0.2) is 0 Å². The van der Waals surface area contributed by atoms with Crippen LogP contribution in [0.3, 0.4) is 0 Å². The predicted molar refractivity (Wildman–Crippen MR) is 269 cm³/mol. The normalized spacial score (nSPS) is 13.0. The topological polar surface area (TPSA) is 108 Å². The molecule has 1 radical (unpaired) electrons. The number of carbonyl (C=O) groups is 2. The molecule has 0 heterocycles. The molecule has 0 saturated heterocycles. The fourth-order valence-electron chi connectivity index (χ4n) is 8.02. The second kappa shape index (κ2) is 53.7. The Bertz CT molecular complexity index is 951. The molecular weight excluding hydrogens is 821 g/mol. The average molecular weight is 928 g/mol. The molecule has 0 amide bonds. The highest BCUT2D eigenvalue weighted by atomic mass is 16.6. The Hall–Kier alpha value is -1.30. The molecule has 0 aliphatic heterocycles. The average Bonchev–Trinajstić information content (AvgIpc) is 3.31. The summed E-state index contributed by atoms with van der Waals surface area (Å²) in [6.07, 6.45) is 36.1. The zero-order chi connectivity index (χ0) is 47.4. The summed E-state index contributed by atoms with van der Waals surface area (Å²) in [6, 6.07) is 0. The van der Waals surface area contributed by atoms with Crippen LogP contribution >= 0.6 is 0 Å². The van der Waals surface area contributed by atoms with Gasteiger partial charge in [0, 0.05) is 19.8 Å². The molecule has 0 aromatic carbocycles. The lowest BCUT2D eigenvalue weighted by Gasteiger charge is -2.19. The number of hydrogen-bond donors (Lipinski definition) is 0. The molecule has 0 fully saturated rings. The summed E-state index contributed by atoms with van der Waals surface area (Å²) in [5.41, 5.74) is 0. The monoisotopic (exact) mass is 928 g/mol. The van der Waals surface area contributed by atoms with E-state index in [2.05, 4.69) is 34.6 Å². The molecule has 0 aromatic heterocycles. The molecule has 3 unspecified atom stereocenters. The van der Waals surface area contributed by atoms with Crippen LogP contribution < -0.4 is 0 Å². The highest BCUT2D eigenvalue weighted by Gasteiger charge is 2.20. The van der Waals surface area contributed by atoms with Crippen molar-refractivity contribution in [1.29, 1.82) is 0 Å². The standard InChI is InChI=1S/C55H107O10/c1-6-11-15-19-21-29-37-51(35-27-17-13-8-3)54(56)64-41-33-24-23-31-39-61-49-53(50-62-48-47-60-46-45-59-44-43-58-10-5)63-40-32-25-26-34-42-65-55(57)52(36-28-18-14-9-4)38-30-22-20-16-12-7-2/h51-53H,5-50H2,1-4H3. The maximum Gasteiger partial charge on any atom is 0.308 e. The van der Waals surface area contributed by atoms with Crippen molar-refractivity contribution < 1.29 is 47.5 Å². The third-order valence-corrected chi connectivity index (χ3v) is 12.2. The Labute approximate surface area is 402 Å². The van der Waals surface area contributed by atoms with Gasteiger partial charge >= 0.3 is 11.9 Å². The minimum Gasteiger partial charge on any atom is -0.465 e. The molecule has 0 aromatic rings. The minimum absolute atomic E-state index is 0.0202. The van der Waals surface area contributed by atoms with Crippen LogP contribution in [0.2, 0.25) is 0 Å². The van der Waals surface area contributed by atoms with Crippen molar-refractivity contribution in [3.8, 4) is 0 Å². The van der Waals surface area contributed by atoms with Crippen LogP contribution in [0.25, 0.3) is 0 Å². The Morgan fingerprint density at radius 1 is 0.338 bits per heavy atom. The first kappa shape index (κ1) is 63.7. The molecule has 10 heteroatoms. The fraction of sp³-hybridized carbons (Fsp3) is 0.945. The first-order chi connectivity index (χ1) is 32.0. The smallest absolute Gasteiger partial charge is 0.308 e. The Morgan fingerprint density at radius 2 is 0.646 bits per heavy atom. The van der Waals surface area contributed by atoms with E-state index in [1.165, 1.54) is 103 Å². The lowest BCUT2D eigenvalue weighted by Crippen LogP contribution is -2.27. The lowest BCUT2D eigenvalue weighted by molar-refractivity contribution is -0.150.